The van der Waals surface area contributed by atoms with E-state index in [1.165, 1.54) is 37.1 Å². The number of benzene rings is 1. The minimum atomic E-state index is 0. The number of hydrogen-bond donors (Lipinski definition) is 2. The Morgan fingerprint density at radius 1 is 1.21 bits per heavy atom. The van der Waals surface area contributed by atoms with E-state index in [-0.39, 0.29) is 24.0 Å². The molecule has 3 rings (SSSR count). The summed E-state index contributed by atoms with van der Waals surface area (Å²) in [4.78, 5) is 7.41. The van der Waals surface area contributed by atoms with Gasteiger partial charge in [-0.15, -0.1) is 24.0 Å². The molecule has 0 saturated carbocycles. The zero-order valence-corrected chi connectivity index (χ0v) is 20.2. The average molecular weight is 510 g/mol. The Bertz CT molecular complexity index is 772. The second-order valence-corrected chi connectivity index (χ2v) is 7.75. The van der Waals surface area contributed by atoms with Gasteiger partial charge in [0.2, 0.25) is 0 Å². The third-order valence-corrected chi connectivity index (χ3v) is 5.36. The van der Waals surface area contributed by atoms with Gasteiger partial charge in [0.25, 0.3) is 0 Å². The van der Waals surface area contributed by atoms with Crippen LogP contribution in [0.5, 0.6) is 0 Å². The number of aryl methyl sites for hydroxylation is 1. The first-order valence-corrected chi connectivity index (χ1v) is 10.4. The van der Waals surface area contributed by atoms with Crippen molar-refractivity contribution in [1.82, 2.24) is 25.3 Å². The highest BCUT2D eigenvalue weighted by Gasteiger charge is 2.17. The summed E-state index contributed by atoms with van der Waals surface area (Å²) in [6, 6.07) is 10.7. The SMILES string of the molecule is CCNC(=NCc1ccccc1CN1CCCC(C)C1)NCc1ccnn1C.I. The fraction of sp³-hybridized carbons (Fsp3) is 0.545. The molecule has 0 radical (unpaired) electrons. The van der Waals surface area contributed by atoms with Gasteiger partial charge in [0.1, 0.15) is 0 Å². The first-order chi connectivity index (χ1) is 13.7. The van der Waals surface area contributed by atoms with Crippen LogP contribution in [0.15, 0.2) is 41.5 Å². The molecule has 160 valence electrons. The Morgan fingerprint density at radius 2 is 2.00 bits per heavy atom. The van der Waals surface area contributed by atoms with Crippen molar-refractivity contribution in [3.8, 4) is 0 Å². The molecule has 7 heteroatoms. The maximum Gasteiger partial charge on any atom is 0.191 e. The van der Waals surface area contributed by atoms with Crippen LogP contribution in [0, 0.1) is 5.92 Å². The summed E-state index contributed by atoms with van der Waals surface area (Å²) in [6.07, 6.45) is 4.49. The Hall–Kier alpha value is -1.61. The fourth-order valence-electron chi connectivity index (χ4n) is 3.79. The molecule has 0 bridgehead atoms. The first kappa shape index (κ1) is 23.7. The number of nitrogens with one attached hydrogen (secondary N) is 2. The predicted octanol–water partition coefficient (Wildman–Crippen LogP) is 3.53. The van der Waals surface area contributed by atoms with E-state index >= 15 is 0 Å². The van der Waals surface area contributed by atoms with E-state index in [9.17, 15) is 0 Å². The van der Waals surface area contributed by atoms with E-state index in [0.717, 1.165) is 30.7 Å². The number of nitrogens with zero attached hydrogens (tertiary/aromatic N) is 4. The highest BCUT2D eigenvalue weighted by atomic mass is 127. The van der Waals surface area contributed by atoms with Crippen LogP contribution in [0.25, 0.3) is 0 Å². The smallest absolute Gasteiger partial charge is 0.191 e. The van der Waals surface area contributed by atoms with Crippen molar-refractivity contribution in [2.24, 2.45) is 18.0 Å². The van der Waals surface area contributed by atoms with Crippen LogP contribution in [0.1, 0.15) is 43.5 Å². The molecule has 2 heterocycles. The lowest BCUT2D eigenvalue weighted by Crippen LogP contribution is -2.37. The Morgan fingerprint density at radius 3 is 2.69 bits per heavy atom. The van der Waals surface area contributed by atoms with Crippen molar-refractivity contribution in [3.63, 3.8) is 0 Å². The molecule has 1 unspecified atom stereocenters. The van der Waals surface area contributed by atoms with Crippen LogP contribution in [0.4, 0.5) is 0 Å². The van der Waals surface area contributed by atoms with Gasteiger partial charge in [0.05, 0.1) is 18.8 Å². The molecular weight excluding hydrogens is 475 g/mol. The number of halogens is 1. The highest BCUT2D eigenvalue weighted by molar-refractivity contribution is 14.0. The van der Waals surface area contributed by atoms with Crippen molar-refractivity contribution >= 4 is 29.9 Å². The quantitative estimate of drug-likeness (QED) is 0.340. The number of aliphatic imine (C=N–C) groups is 1. The summed E-state index contributed by atoms with van der Waals surface area (Å²) >= 11 is 0. The summed E-state index contributed by atoms with van der Waals surface area (Å²) in [5.74, 6) is 1.64. The monoisotopic (exact) mass is 510 g/mol. The predicted molar refractivity (Wildman–Crippen MR) is 130 cm³/mol. The lowest BCUT2D eigenvalue weighted by Gasteiger charge is -2.31. The molecular formula is C22H35IN6. The summed E-state index contributed by atoms with van der Waals surface area (Å²) in [6.45, 7) is 10.1. The highest BCUT2D eigenvalue weighted by Crippen LogP contribution is 2.20. The van der Waals surface area contributed by atoms with E-state index in [0.29, 0.717) is 13.1 Å². The minimum absolute atomic E-state index is 0. The van der Waals surface area contributed by atoms with E-state index in [2.05, 4.69) is 58.7 Å². The number of hydrogen-bond acceptors (Lipinski definition) is 3. The molecule has 29 heavy (non-hydrogen) atoms. The standard InChI is InChI=1S/C22H34N6.HI/c1-4-23-22(25-15-21-11-12-26-27(21)3)24-14-19-9-5-6-10-20(19)17-28-13-7-8-18(2)16-28;/h5-6,9-12,18H,4,7-8,13-17H2,1-3H3,(H2,23,24,25);1H. The average Bonchev–Trinajstić information content (AvgIpc) is 3.10. The molecule has 1 aliphatic rings. The number of likely N-dealkylation sites (tertiary alicyclic amines) is 1. The van der Waals surface area contributed by atoms with E-state index in [1.807, 2.05) is 24.0 Å². The van der Waals surface area contributed by atoms with Crippen LogP contribution in [-0.2, 0) is 26.7 Å². The second-order valence-electron chi connectivity index (χ2n) is 7.75. The minimum Gasteiger partial charge on any atom is -0.357 e. The number of guanidine groups is 1. The molecule has 1 aliphatic heterocycles. The molecule has 1 aromatic carbocycles. The van der Waals surface area contributed by atoms with Crippen molar-refractivity contribution in [3.05, 3.63) is 53.3 Å². The molecule has 1 atom stereocenters. The van der Waals surface area contributed by atoms with Gasteiger partial charge in [-0.3, -0.25) is 9.58 Å². The Kier molecular flexibility index (Phi) is 9.93. The van der Waals surface area contributed by atoms with Gasteiger partial charge >= 0.3 is 0 Å². The van der Waals surface area contributed by atoms with Crippen LogP contribution >= 0.6 is 24.0 Å². The molecule has 1 fully saturated rings. The normalized spacial score (nSPS) is 17.6. The van der Waals surface area contributed by atoms with Crippen LogP contribution in [0.3, 0.4) is 0 Å². The van der Waals surface area contributed by atoms with E-state index < -0.39 is 0 Å². The first-order valence-electron chi connectivity index (χ1n) is 10.4. The Labute approximate surface area is 192 Å². The Balaban J connectivity index is 0.00000300. The van der Waals surface area contributed by atoms with Gasteiger partial charge in [-0.25, -0.2) is 4.99 Å². The van der Waals surface area contributed by atoms with Crippen molar-refractivity contribution < 1.29 is 0 Å². The lowest BCUT2D eigenvalue weighted by molar-refractivity contribution is 0.176. The number of aromatic nitrogens is 2. The van der Waals surface area contributed by atoms with E-state index in [1.54, 1.807) is 0 Å². The maximum atomic E-state index is 4.83. The van der Waals surface area contributed by atoms with Gasteiger partial charge in [0, 0.05) is 32.9 Å². The van der Waals surface area contributed by atoms with Crippen LogP contribution in [0.2, 0.25) is 0 Å². The zero-order chi connectivity index (χ0) is 19.8. The molecule has 0 amide bonds. The second kappa shape index (κ2) is 12.2. The summed E-state index contributed by atoms with van der Waals surface area (Å²) in [5, 5.41) is 11.0. The van der Waals surface area contributed by atoms with Crippen LogP contribution < -0.4 is 10.6 Å². The summed E-state index contributed by atoms with van der Waals surface area (Å²) in [7, 11) is 1.96. The molecule has 2 aromatic rings. The zero-order valence-electron chi connectivity index (χ0n) is 17.9. The van der Waals surface area contributed by atoms with Gasteiger partial charge in [-0.2, -0.15) is 5.10 Å². The summed E-state index contributed by atoms with van der Waals surface area (Å²) in [5.41, 5.74) is 3.83. The van der Waals surface area contributed by atoms with Gasteiger partial charge in [0.15, 0.2) is 5.96 Å². The molecule has 1 aromatic heterocycles. The van der Waals surface area contributed by atoms with Gasteiger partial charge in [-0.05, 0) is 49.4 Å². The molecule has 1 saturated heterocycles. The summed E-state index contributed by atoms with van der Waals surface area (Å²) < 4.78 is 1.88. The number of piperidine rings is 1. The number of rotatable bonds is 7. The third kappa shape index (κ3) is 7.29. The molecule has 0 spiro atoms. The van der Waals surface area contributed by atoms with Crippen molar-refractivity contribution in [2.45, 2.75) is 46.3 Å². The van der Waals surface area contributed by atoms with Gasteiger partial charge in [-0.1, -0.05) is 31.2 Å². The largest absolute Gasteiger partial charge is 0.357 e. The molecule has 2 N–H and O–H groups in total. The van der Waals surface area contributed by atoms with Crippen molar-refractivity contribution in [2.75, 3.05) is 19.6 Å². The maximum absolute atomic E-state index is 4.83. The topological polar surface area (TPSA) is 57.5 Å². The van der Waals surface area contributed by atoms with Crippen LogP contribution in [-0.4, -0.2) is 40.3 Å². The fourth-order valence-corrected chi connectivity index (χ4v) is 3.79. The van der Waals surface area contributed by atoms with Gasteiger partial charge < -0.3 is 10.6 Å². The lowest BCUT2D eigenvalue weighted by atomic mass is 9.99. The molecule has 6 nitrogen and oxygen atoms in total. The molecule has 0 aliphatic carbocycles. The van der Waals surface area contributed by atoms with Crippen molar-refractivity contribution in [1.29, 1.82) is 0 Å². The van der Waals surface area contributed by atoms with E-state index in [4.69, 9.17) is 4.99 Å². The third-order valence-electron chi connectivity index (χ3n) is 5.36.